The van der Waals surface area contributed by atoms with Crippen LogP contribution in [0.1, 0.15) is 15.9 Å². The first kappa shape index (κ1) is 13.3. The van der Waals surface area contributed by atoms with Gasteiger partial charge in [0.15, 0.2) is 0 Å². The summed E-state index contributed by atoms with van der Waals surface area (Å²) in [6.07, 6.45) is 1.64. The molecule has 0 saturated carbocycles. The maximum atomic E-state index is 13.0. The van der Waals surface area contributed by atoms with E-state index < -0.39 is 5.91 Å². The van der Waals surface area contributed by atoms with Crippen LogP contribution in [0.15, 0.2) is 42.6 Å². The Balaban J connectivity index is 2.29. The summed E-state index contributed by atoms with van der Waals surface area (Å²) in [4.78, 5) is 11.8. The molecule has 3 aromatic rings. The second kappa shape index (κ2) is 4.99. The first-order chi connectivity index (χ1) is 10.1. The molecule has 0 radical (unpaired) electrons. The van der Waals surface area contributed by atoms with Crippen LogP contribution >= 0.6 is 0 Å². The highest BCUT2D eigenvalue weighted by Crippen LogP contribution is 2.26. The summed E-state index contributed by atoms with van der Waals surface area (Å²) in [6, 6.07) is 9.01. The van der Waals surface area contributed by atoms with E-state index in [1.165, 1.54) is 28.8 Å². The fourth-order valence-electron chi connectivity index (χ4n) is 2.24. The molecular formula is C15H12FN3O2. The number of aliphatic hydroxyl groups excluding tert-OH is 1. The van der Waals surface area contributed by atoms with Crippen LogP contribution in [0.25, 0.3) is 16.8 Å². The van der Waals surface area contributed by atoms with Gasteiger partial charge in [0.05, 0.1) is 17.7 Å². The summed E-state index contributed by atoms with van der Waals surface area (Å²) >= 11 is 0. The molecule has 0 fully saturated rings. The zero-order valence-corrected chi connectivity index (χ0v) is 11.0. The summed E-state index contributed by atoms with van der Waals surface area (Å²) in [5, 5.41) is 13.5. The van der Waals surface area contributed by atoms with Gasteiger partial charge < -0.3 is 10.8 Å². The average molecular weight is 285 g/mol. The number of nitrogens with zero attached hydrogens (tertiary/aromatic N) is 2. The molecule has 3 rings (SSSR count). The van der Waals surface area contributed by atoms with Crippen LogP contribution in [-0.4, -0.2) is 20.6 Å². The number of hydrogen-bond donors (Lipinski definition) is 2. The highest BCUT2D eigenvalue weighted by atomic mass is 19.1. The number of pyridine rings is 1. The van der Waals surface area contributed by atoms with Crippen LogP contribution in [-0.2, 0) is 6.61 Å². The predicted molar refractivity (Wildman–Crippen MR) is 75.0 cm³/mol. The maximum Gasteiger partial charge on any atom is 0.253 e. The molecule has 0 aliphatic carbocycles. The Bertz CT molecular complexity index is 825. The summed E-state index contributed by atoms with van der Waals surface area (Å²) in [5.41, 5.74) is 7.84. The van der Waals surface area contributed by atoms with Gasteiger partial charge in [-0.2, -0.15) is 5.10 Å². The first-order valence-electron chi connectivity index (χ1n) is 6.28. The van der Waals surface area contributed by atoms with E-state index in [9.17, 15) is 14.3 Å². The highest BCUT2D eigenvalue weighted by molar-refractivity contribution is 6.05. The van der Waals surface area contributed by atoms with Gasteiger partial charge in [0.1, 0.15) is 11.5 Å². The number of hydrogen-bond acceptors (Lipinski definition) is 3. The SMILES string of the molecule is NC(=O)c1c(-c2ccc(F)cc2)nn2ccc(CO)cc12. The predicted octanol–water partition coefficient (Wildman–Crippen LogP) is 1.73. The molecule has 0 aliphatic heterocycles. The molecule has 2 heterocycles. The van der Waals surface area contributed by atoms with Gasteiger partial charge in [0.2, 0.25) is 0 Å². The van der Waals surface area contributed by atoms with Gasteiger partial charge in [-0.15, -0.1) is 0 Å². The molecule has 5 nitrogen and oxygen atoms in total. The molecule has 6 heteroatoms. The Labute approximate surface area is 119 Å². The van der Waals surface area contributed by atoms with E-state index in [0.717, 1.165) is 0 Å². The lowest BCUT2D eigenvalue weighted by molar-refractivity contribution is 0.100. The number of aliphatic hydroxyl groups is 1. The lowest BCUT2D eigenvalue weighted by atomic mass is 10.1. The number of carbonyl (C=O) groups excluding carboxylic acids is 1. The summed E-state index contributed by atoms with van der Waals surface area (Å²) < 4.78 is 14.5. The topological polar surface area (TPSA) is 80.6 Å². The number of halogens is 1. The van der Waals surface area contributed by atoms with E-state index in [4.69, 9.17) is 5.73 Å². The van der Waals surface area contributed by atoms with Crippen molar-refractivity contribution in [2.75, 3.05) is 0 Å². The van der Waals surface area contributed by atoms with Crippen molar-refractivity contribution in [1.29, 1.82) is 0 Å². The molecule has 106 valence electrons. The minimum atomic E-state index is -0.626. The van der Waals surface area contributed by atoms with Gasteiger partial charge in [-0.05, 0) is 42.0 Å². The number of amides is 1. The molecule has 0 saturated heterocycles. The number of fused-ring (bicyclic) bond motifs is 1. The quantitative estimate of drug-likeness (QED) is 0.769. The minimum Gasteiger partial charge on any atom is -0.392 e. The van der Waals surface area contributed by atoms with Crippen molar-refractivity contribution in [3.63, 3.8) is 0 Å². The largest absolute Gasteiger partial charge is 0.392 e. The zero-order chi connectivity index (χ0) is 15.0. The molecule has 0 atom stereocenters. The Hall–Kier alpha value is -2.73. The molecule has 2 aromatic heterocycles. The van der Waals surface area contributed by atoms with Gasteiger partial charge >= 0.3 is 0 Å². The Kier molecular flexibility index (Phi) is 3.15. The van der Waals surface area contributed by atoms with Gasteiger partial charge in [-0.1, -0.05) is 0 Å². The Morgan fingerprint density at radius 2 is 2.00 bits per heavy atom. The second-order valence-electron chi connectivity index (χ2n) is 4.62. The van der Waals surface area contributed by atoms with Crippen LogP contribution in [0.4, 0.5) is 4.39 Å². The van der Waals surface area contributed by atoms with Crippen molar-refractivity contribution in [3.05, 3.63) is 59.5 Å². The van der Waals surface area contributed by atoms with Crippen LogP contribution in [0.3, 0.4) is 0 Å². The molecule has 1 amide bonds. The van der Waals surface area contributed by atoms with Gasteiger partial charge in [0, 0.05) is 11.8 Å². The Morgan fingerprint density at radius 1 is 1.29 bits per heavy atom. The Morgan fingerprint density at radius 3 is 2.62 bits per heavy atom. The second-order valence-corrected chi connectivity index (χ2v) is 4.62. The van der Waals surface area contributed by atoms with Gasteiger partial charge in [-0.3, -0.25) is 4.79 Å². The van der Waals surface area contributed by atoms with E-state index in [-0.39, 0.29) is 18.0 Å². The lowest BCUT2D eigenvalue weighted by Crippen LogP contribution is -2.11. The number of aromatic nitrogens is 2. The van der Waals surface area contributed by atoms with Crippen molar-refractivity contribution in [2.24, 2.45) is 5.73 Å². The van der Waals surface area contributed by atoms with E-state index in [1.54, 1.807) is 18.3 Å². The summed E-state index contributed by atoms with van der Waals surface area (Å²) in [5.74, 6) is -0.995. The fourth-order valence-corrected chi connectivity index (χ4v) is 2.24. The molecule has 0 bridgehead atoms. The van der Waals surface area contributed by atoms with Crippen molar-refractivity contribution >= 4 is 11.4 Å². The third-order valence-electron chi connectivity index (χ3n) is 3.25. The summed E-state index contributed by atoms with van der Waals surface area (Å²) in [7, 11) is 0. The number of primary amides is 1. The molecule has 3 N–H and O–H groups in total. The van der Waals surface area contributed by atoms with E-state index in [1.807, 2.05) is 0 Å². The third-order valence-corrected chi connectivity index (χ3v) is 3.25. The fraction of sp³-hybridized carbons (Fsp3) is 0.0667. The number of rotatable bonds is 3. The monoisotopic (exact) mass is 285 g/mol. The van der Waals surface area contributed by atoms with Crippen LogP contribution in [0.5, 0.6) is 0 Å². The highest BCUT2D eigenvalue weighted by Gasteiger charge is 2.19. The van der Waals surface area contributed by atoms with E-state index in [0.29, 0.717) is 22.3 Å². The van der Waals surface area contributed by atoms with Crippen molar-refractivity contribution in [2.45, 2.75) is 6.61 Å². The molecule has 0 unspecified atom stereocenters. The molecular weight excluding hydrogens is 273 g/mol. The van der Waals surface area contributed by atoms with Crippen molar-refractivity contribution < 1.29 is 14.3 Å². The number of nitrogens with two attached hydrogens (primary N) is 1. The maximum absolute atomic E-state index is 13.0. The molecule has 0 aliphatic rings. The zero-order valence-electron chi connectivity index (χ0n) is 11.0. The van der Waals surface area contributed by atoms with Crippen LogP contribution < -0.4 is 5.73 Å². The first-order valence-corrected chi connectivity index (χ1v) is 6.28. The average Bonchev–Trinajstić information content (AvgIpc) is 2.86. The molecule has 0 spiro atoms. The minimum absolute atomic E-state index is 0.147. The third kappa shape index (κ3) is 2.25. The van der Waals surface area contributed by atoms with Crippen LogP contribution in [0, 0.1) is 5.82 Å². The molecule has 1 aromatic carbocycles. The smallest absolute Gasteiger partial charge is 0.253 e. The summed E-state index contributed by atoms with van der Waals surface area (Å²) in [6.45, 7) is -0.147. The van der Waals surface area contributed by atoms with Crippen LogP contribution in [0.2, 0.25) is 0 Å². The normalized spacial score (nSPS) is 11.0. The van der Waals surface area contributed by atoms with Crippen molar-refractivity contribution in [1.82, 2.24) is 9.61 Å². The molecule has 21 heavy (non-hydrogen) atoms. The lowest BCUT2D eigenvalue weighted by Gasteiger charge is -2.00. The van der Waals surface area contributed by atoms with E-state index >= 15 is 0 Å². The van der Waals surface area contributed by atoms with Crippen molar-refractivity contribution in [3.8, 4) is 11.3 Å². The number of carbonyl (C=O) groups is 1. The van der Waals surface area contributed by atoms with Gasteiger partial charge in [0.25, 0.3) is 5.91 Å². The van der Waals surface area contributed by atoms with Gasteiger partial charge in [-0.25, -0.2) is 8.91 Å². The number of benzene rings is 1. The standard InChI is InChI=1S/C15H12FN3O2/c16-11-3-1-10(2-4-11)14-13(15(17)21)12-7-9(8-20)5-6-19(12)18-14/h1-7,20H,8H2,(H2,17,21). The van der Waals surface area contributed by atoms with E-state index in [2.05, 4.69) is 5.10 Å².